The highest BCUT2D eigenvalue weighted by Gasteiger charge is 2.19. The number of amides is 1. The molecule has 1 aliphatic rings. The van der Waals surface area contributed by atoms with Crippen molar-refractivity contribution < 1.29 is 13.9 Å². The Morgan fingerprint density at radius 1 is 1.30 bits per heavy atom. The molecule has 0 radical (unpaired) electrons. The minimum atomic E-state index is 0.0447. The predicted molar refractivity (Wildman–Crippen MR) is 86.5 cm³/mol. The summed E-state index contributed by atoms with van der Waals surface area (Å²) in [7, 11) is 0. The molecule has 0 bridgehead atoms. The number of carbonyl (C=O) groups is 1. The summed E-state index contributed by atoms with van der Waals surface area (Å²) in [6, 6.07) is 5.72. The van der Waals surface area contributed by atoms with Crippen LogP contribution in [0.4, 0.5) is 5.69 Å². The van der Waals surface area contributed by atoms with Crippen molar-refractivity contribution in [1.29, 1.82) is 0 Å². The molecule has 0 unspecified atom stereocenters. The highest BCUT2D eigenvalue weighted by atomic mass is 16.5. The van der Waals surface area contributed by atoms with Gasteiger partial charge in [0.15, 0.2) is 0 Å². The molecule has 0 saturated carbocycles. The number of hydrogen-bond acceptors (Lipinski definition) is 5. The Labute approximate surface area is 135 Å². The molecule has 2 aromatic rings. The number of anilines is 1. The standard InChI is InChI=1S/C17H21N3O3/c1-12-3-4-14(17(21)20-5-7-22-8-6-20)9-15(12)18-11-16-19-10-13(2)23-16/h3-4,9-10,18H,5-8,11H2,1-2H3. The van der Waals surface area contributed by atoms with Crippen molar-refractivity contribution in [3.05, 3.63) is 47.2 Å². The van der Waals surface area contributed by atoms with Crippen LogP contribution >= 0.6 is 0 Å². The van der Waals surface area contributed by atoms with E-state index in [1.165, 1.54) is 0 Å². The number of ether oxygens (including phenoxy) is 1. The third-order valence-electron chi connectivity index (χ3n) is 3.88. The topological polar surface area (TPSA) is 67.6 Å². The Bertz CT molecular complexity index is 690. The van der Waals surface area contributed by atoms with E-state index in [2.05, 4.69) is 10.3 Å². The zero-order chi connectivity index (χ0) is 16.2. The maximum atomic E-state index is 12.6. The third kappa shape index (κ3) is 3.71. The lowest BCUT2D eigenvalue weighted by Crippen LogP contribution is -2.40. The molecule has 6 nitrogen and oxygen atoms in total. The lowest BCUT2D eigenvalue weighted by Gasteiger charge is -2.27. The number of nitrogens with zero attached hydrogens (tertiary/aromatic N) is 2. The molecule has 0 atom stereocenters. The van der Waals surface area contributed by atoms with Gasteiger partial charge in [0.25, 0.3) is 5.91 Å². The van der Waals surface area contributed by atoms with Crippen molar-refractivity contribution in [2.75, 3.05) is 31.6 Å². The molecule has 1 aromatic carbocycles. The molecule has 3 rings (SSSR count). The molecule has 1 saturated heterocycles. The van der Waals surface area contributed by atoms with Crippen molar-refractivity contribution in [1.82, 2.24) is 9.88 Å². The molecule has 2 heterocycles. The molecule has 0 spiro atoms. The van der Waals surface area contributed by atoms with Gasteiger partial charge in [0.1, 0.15) is 5.76 Å². The molecular weight excluding hydrogens is 294 g/mol. The number of carbonyl (C=O) groups excluding carboxylic acids is 1. The van der Waals surface area contributed by atoms with E-state index in [9.17, 15) is 4.79 Å². The van der Waals surface area contributed by atoms with E-state index in [0.717, 1.165) is 17.0 Å². The Balaban J connectivity index is 1.71. The smallest absolute Gasteiger partial charge is 0.254 e. The molecule has 122 valence electrons. The lowest BCUT2D eigenvalue weighted by atomic mass is 10.1. The van der Waals surface area contributed by atoms with Gasteiger partial charge in [-0.3, -0.25) is 4.79 Å². The van der Waals surface area contributed by atoms with E-state index >= 15 is 0 Å². The number of morpholine rings is 1. The molecular formula is C17H21N3O3. The number of rotatable bonds is 4. The Kier molecular flexibility index (Phi) is 4.62. The molecule has 23 heavy (non-hydrogen) atoms. The van der Waals surface area contributed by atoms with E-state index in [1.54, 1.807) is 6.20 Å². The minimum Gasteiger partial charge on any atom is -0.444 e. The first kappa shape index (κ1) is 15.6. The number of benzene rings is 1. The van der Waals surface area contributed by atoms with Crippen LogP contribution in [0.3, 0.4) is 0 Å². The SMILES string of the molecule is Cc1cnc(CNc2cc(C(=O)N3CCOCC3)ccc2C)o1. The number of aryl methyl sites for hydroxylation is 2. The Morgan fingerprint density at radius 2 is 2.09 bits per heavy atom. The first-order valence-electron chi connectivity index (χ1n) is 7.76. The summed E-state index contributed by atoms with van der Waals surface area (Å²) in [5.74, 6) is 1.46. The number of oxazole rings is 1. The molecule has 1 aliphatic heterocycles. The quantitative estimate of drug-likeness (QED) is 0.938. The van der Waals surface area contributed by atoms with Crippen LogP contribution in [0.15, 0.2) is 28.8 Å². The number of nitrogens with one attached hydrogen (secondary N) is 1. The van der Waals surface area contributed by atoms with Gasteiger partial charge < -0.3 is 19.4 Å². The van der Waals surface area contributed by atoms with Crippen LogP contribution in [0.25, 0.3) is 0 Å². The predicted octanol–water partition coefficient (Wildman–Crippen LogP) is 2.38. The van der Waals surface area contributed by atoms with Gasteiger partial charge in [-0.25, -0.2) is 4.98 Å². The maximum absolute atomic E-state index is 12.6. The van der Waals surface area contributed by atoms with Gasteiger partial charge >= 0.3 is 0 Å². The van der Waals surface area contributed by atoms with E-state index < -0.39 is 0 Å². The van der Waals surface area contributed by atoms with Gasteiger partial charge in [-0.05, 0) is 31.5 Å². The van der Waals surface area contributed by atoms with Crippen LogP contribution in [0, 0.1) is 13.8 Å². The second kappa shape index (κ2) is 6.83. The minimum absolute atomic E-state index is 0.0447. The van der Waals surface area contributed by atoms with Crippen molar-refractivity contribution in [3.8, 4) is 0 Å². The van der Waals surface area contributed by atoms with E-state index in [0.29, 0.717) is 44.3 Å². The molecule has 1 fully saturated rings. The second-order valence-electron chi connectivity index (χ2n) is 5.65. The van der Waals surface area contributed by atoms with Gasteiger partial charge in [0.05, 0.1) is 26.0 Å². The van der Waals surface area contributed by atoms with E-state index in [4.69, 9.17) is 9.15 Å². The summed E-state index contributed by atoms with van der Waals surface area (Å²) >= 11 is 0. The van der Waals surface area contributed by atoms with Crippen LogP contribution in [0.2, 0.25) is 0 Å². The van der Waals surface area contributed by atoms with Crippen molar-refractivity contribution in [2.24, 2.45) is 0 Å². The van der Waals surface area contributed by atoms with Gasteiger partial charge in [-0.15, -0.1) is 0 Å². The molecule has 6 heteroatoms. The molecule has 1 aromatic heterocycles. The van der Waals surface area contributed by atoms with Gasteiger partial charge in [-0.1, -0.05) is 6.07 Å². The number of hydrogen-bond donors (Lipinski definition) is 1. The summed E-state index contributed by atoms with van der Waals surface area (Å²) in [5.41, 5.74) is 2.68. The Hall–Kier alpha value is -2.34. The first-order valence-corrected chi connectivity index (χ1v) is 7.76. The van der Waals surface area contributed by atoms with Crippen molar-refractivity contribution in [3.63, 3.8) is 0 Å². The zero-order valence-electron chi connectivity index (χ0n) is 13.5. The average molecular weight is 315 g/mol. The summed E-state index contributed by atoms with van der Waals surface area (Å²) in [5, 5.41) is 3.29. The van der Waals surface area contributed by atoms with Crippen LogP contribution in [0.5, 0.6) is 0 Å². The molecule has 1 amide bonds. The fraction of sp³-hybridized carbons (Fsp3) is 0.412. The van der Waals surface area contributed by atoms with E-state index in [1.807, 2.05) is 36.9 Å². The van der Waals surface area contributed by atoms with Crippen LogP contribution < -0.4 is 5.32 Å². The van der Waals surface area contributed by atoms with Crippen molar-refractivity contribution in [2.45, 2.75) is 20.4 Å². The summed E-state index contributed by atoms with van der Waals surface area (Å²) in [4.78, 5) is 18.6. The van der Waals surface area contributed by atoms with Gasteiger partial charge in [0.2, 0.25) is 5.89 Å². The lowest BCUT2D eigenvalue weighted by molar-refractivity contribution is 0.0303. The third-order valence-corrected chi connectivity index (χ3v) is 3.88. The summed E-state index contributed by atoms with van der Waals surface area (Å²) in [6.45, 7) is 6.86. The fourth-order valence-electron chi connectivity index (χ4n) is 2.55. The normalized spacial score (nSPS) is 14.8. The Morgan fingerprint density at radius 3 is 2.78 bits per heavy atom. The monoisotopic (exact) mass is 315 g/mol. The second-order valence-corrected chi connectivity index (χ2v) is 5.65. The van der Waals surface area contributed by atoms with Crippen LogP contribution in [-0.2, 0) is 11.3 Å². The summed E-state index contributed by atoms with van der Waals surface area (Å²) < 4.78 is 10.7. The molecule has 1 N–H and O–H groups in total. The fourth-order valence-corrected chi connectivity index (χ4v) is 2.55. The molecule has 0 aliphatic carbocycles. The number of aromatic nitrogens is 1. The van der Waals surface area contributed by atoms with Crippen molar-refractivity contribution >= 4 is 11.6 Å². The van der Waals surface area contributed by atoms with Gasteiger partial charge in [0, 0.05) is 24.3 Å². The first-order chi connectivity index (χ1) is 11.1. The van der Waals surface area contributed by atoms with E-state index in [-0.39, 0.29) is 5.91 Å². The highest BCUT2D eigenvalue weighted by Crippen LogP contribution is 2.19. The van der Waals surface area contributed by atoms with Gasteiger partial charge in [-0.2, -0.15) is 0 Å². The van der Waals surface area contributed by atoms with Crippen LogP contribution in [0.1, 0.15) is 27.6 Å². The largest absolute Gasteiger partial charge is 0.444 e. The summed E-state index contributed by atoms with van der Waals surface area (Å²) in [6.07, 6.45) is 1.70. The van der Waals surface area contributed by atoms with Crippen LogP contribution in [-0.4, -0.2) is 42.1 Å². The maximum Gasteiger partial charge on any atom is 0.254 e. The highest BCUT2D eigenvalue weighted by molar-refractivity contribution is 5.95. The average Bonchev–Trinajstić information content (AvgIpc) is 3.00. The zero-order valence-corrected chi connectivity index (χ0v) is 13.5.